The molecule has 0 heterocycles. The molecule has 1 saturated carbocycles. The molecular weight excluding hydrogens is 512 g/mol. The molecule has 0 unspecified atom stereocenters. The second kappa shape index (κ2) is 12.0. The van der Waals surface area contributed by atoms with Gasteiger partial charge in [-0.15, -0.1) is 0 Å². The second-order valence-electron chi connectivity index (χ2n) is 9.00. The molecule has 0 radical (unpaired) electrons. The van der Waals surface area contributed by atoms with Crippen LogP contribution in [0.1, 0.15) is 44.6 Å². The van der Waals surface area contributed by atoms with E-state index in [1.54, 1.807) is 6.07 Å². The summed E-state index contributed by atoms with van der Waals surface area (Å²) in [6.07, 6.45) is 5.69. The summed E-state index contributed by atoms with van der Waals surface area (Å²) in [7, 11) is -4.00. The molecule has 1 fully saturated rings. The Hall–Kier alpha value is -2.72. The summed E-state index contributed by atoms with van der Waals surface area (Å²) in [5.74, 6) is -2.42. The fraction of sp³-hybridized carbons (Fsp3) is 0.440. The molecule has 0 bridgehead atoms. The predicted molar refractivity (Wildman–Crippen MR) is 135 cm³/mol. The monoisotopic (exact) mass is 541 g/mol. The van der Waals surface area contributed by atoms with Crippen LogP contribution >= 0.6 is 11.6 Å². The Labute approximate surface area is 215 Å². The number of hydrogen-bond acceptors (Lipinski definition) is 4. The third kappa shape index (κ3) is 7.16. The zero-order chi connectivity index (χ0) is 26.5. The molecule has 1 aliphatic carbocycles. The summed E-state index contributed by atoms with van der Waals surface area (Å²) in [4.78, 5) is 27.7. The van der Waals surface area contributed by atoms with Gasteiger partial charge in [-0.3, -0.25) is 13.9 Å². The predicted octanol–water partition coefficient (Wildman–Crippen LogP) is 4.25. The topological polar surface area (TPSA) is 86.8 Å². The van der Waals surface area contributed by atoms with Crippen LogP contribution in [0.5, 0.6) is 0 Å². The summed E-state index contributed by atoms with van der Waals surface area (Å²) in [6, 6.07) is 8.14. The average Bonchev–Trinajstić information content (AvgIpc) is 2.83. The second-order valence-corrected chi connectivity index (χ2v) is 11.3. The fourth-order valence-electron chi connectivity index (χ4n) is 4.22. The van der Waals surface area contributed by atoms with Crippen molar-refractivity contribution < 1.29 is 26.8 Å². The first-order valence-electron chi connectivity index (χ1n) is 11.7. The molecule has 1 aliphatic rings. The normalized spacial score (nSPS) is 15.2. The van der Waals surface area contributed by atoms with E-state index in [1.165, 1.54) is 31.2 Å². The van der Waals surface area contributed by atoms with Gasteiger partial charge >= 0.3 is 0 Å². The van der Waals surface area contributed by atoms with E-state index in [0.29, 0.717) is 0 Å². The molecule has 3 rings (SSSR count). The summed E-state index contributed by atoms with van der Waals surface area (Å²) in [5, 5.41) is 2.66. The molecule has 11 heteroatoms. The van der Waals surface area contributed by atoms with E-state index in [0.717, 1.165) is 59.7 Å². The standard InChI is InChI=1S/C25H30ClF2N3O4S/c1-17(25(33)29-19-9-4-3-5-10-19)30(15-18-8-6-7-11-22(18)27)24(32)16-31(36(2,34)35)20-12-13-23(28)21(26)14-20/h6-8,11-14,17,19H,3-5,9-10,15-16H2,1-2H3,(H,29,33)/t17-/m1/s1. The number of halogens is 3. The number of sulfonamides is 1. The lowest BCUT2D eigenvalue weighted by atomic mass is 9.95. The number of benzene rings is 2. The molecule has 0 aliphatic heterocycles. The van der Waals surface area contributed by atoms with Crippen molar-refractivity contribution in [3.05, 3.63) is 64.7 Å². The first kappa shape index (κ1) is 27.9. The van der Waals surface area contributed by atoms with Gasteiger partial charge in [-0.2, -0.15) is 0 Å². The lowest BCUT2D eigenvalue weighted by Gasteiger charge is -2.33. The zero-order valence-corrected chi connectivity index (χ0v) is 21.8. The maximum absolute atomic E-state index is 14.5. The van der Waals surface area contributed by atoms with Gasteiger partial charge < -0.3 is 10.2 Å². The summed E-state index contributed by atoms with van der Waals surface area (Å²) < 4.78 is 54.0. The Morgan fingerprint density at radius 2 is 1.75 bits per heavy atom. The number of amides is 2. The number of nitrogens with one attached hydrogen (secondary N) is 1. The Morgan fingerprint density at radius 1 is 1.08 bits per heavy atom. The van der Waals surface area contributed by atoms with Crippen molar-refractivity contribution in [1.82, 2.24) is 10.2 Å². The van der Waals surface area contributed by atoms with Crippen molar-refractivity contribution in [3.63, 3.8) is 0 Å². The van der Waals surface area contributed by atoms with Crippen molar-refractivity contribution in [1.29, 1.82) is 0 Å². The van der Waals surface area contributed by atoms with Crippen LogP contribution in [-0.4, -0.2) is 50.0 Å². The third-order valence-corrected chi connectivity index (χ3v) is 7.72. The highest BCUT2D eigenvalue weighted by atomic mass is 35.5. The molecular formula is C25H30ClF2N3O4S. The number of rotatable bonds is 9. The number of carbonyl (C=O) groups excluding carboxylic acids is 2. The molecule has 2 amide bonds. The number of anilines is 1. The summed E-state index contributed by atoms with van der Waals surface area (Å²) in [5.41, 5.74) is 0.168. The van der Waals surface area contributed by atoms with Crippen LogP contribution in [0.2, 0.25) is 5.02 Å². The Kier molecular flexibility index (Phi) is 9.30. The lowest BCUT2D eigenvalue weighted by molar-refractivity contribution is -0.139. The van der Waals surface area contributed by atoms with Crippen LogP contribution in [0.3, 0.4) is 0 Å². The van der Waals surface area contributed by atoms with Gasteiger partial charge in [0.1, 0.15) is 24.2 Å². The van der Waals surface area contributed by atoms with Crippen molar-refractivity contribution in [3.8, 4) is 0 Å². The fourth-order valence-corrected chi connectivity index (χ4v) is 5.23. The minimum Gasteiger partial charge on any atom is -0.352 e. The van der Waals surface area contributed by atoms with Crippen LogP contribution in [0.15, 0.2) is 42.5 Å². The van der Waals surface area contributed by atoms with E-state index in [1.807, 2.05) is 0 Å². The van der Waals surface area contributed by atoms with E-state index in [2.05, 4.69) is 5.32 Å². The molecule has 0 aromatic heterocycles. The molecule has 2 aromatic carbocycles. The Bertz CT molecular complexity index is 1210. The van der Waals surface area contributed by atoms with Crippen LogP contribution in [0, 0.1) is 11.6 Å². The molecule has 0 saturated heterocycles. The van der Waals surface area contributed by atoms with Crippen molar-refractivity contribution in [2.45, 2.75) is 57.7 Å². The molecule has 1 N–H and O–H groups in total. The van der Waals surface area contributed by atoms with E-state index >= 15 is 0 Å². The SMILES string of the molecule is C[C@H](C(=O)NC1CCCCC1)N(Cc1ccccc1F)C(=O)CN(c1ccc(F)c(Cl)c1)S(C)(=O)=O. The zero-order valence-electron chi connectivity index (χ0n) is 20.2. The van der Waals surface area contributed by atoms with Crippen LogP contribution in [0.25, 0.3) is 0 Å². The molecule has 196 valence electrons. The van der Waals surface area contributed by atoms with Crippen LogP contribution < -0.4 is 9.62 Å². The van der Waals surface area contributed by atoms with Gasteiger partial charge in [0.25, 0.3) is 0 Å². The van der Waals surface area contributed by atoms with Crippen molar-refractivity contribution >= 4 is 39.1 Å². The van der Waals surface area contributed by atoms with E-state index < -0.39 is 46.1 Å². The van der Waals surface area contributed by atoms with Gasteiger partial charge in [-0.05, 0) is 44.0 Å². The molecule has 36 heavy (non-hydrogen) atoms. The molecule has 2 aromatic rings. The third-order valence-electron chi connectivity index (χ3n) is 6.29. The Balaban J connectivity index is 1.89. The van der Waals surface area contributed by atoms with Crippen LogP contribution in [0.4, 0.5) is 14.5 Å². The van der Waals surface area contributed by atoms with Gasteiger partial charge in [0.05, 0.1) is 17.0 Å². The van der Waals surface area contributed by atoms with E-state index in [9.17, 15) is 26.8 Å². The van der Waals surface area contributed by atoms with Gasteiger partial charge in [0.15, 0.2) is 0 Å². The lowest BCUT2D eigenvalue weighted by Crippen LogP contribution is -2.53. The van der Waals surface area contributed by atoms with Crippen LogP contribution in [-0.2, 0) is 26.2 Å². The summed E-state index contributed by atoms with van der Waals surface area (Å²) >= 11 is 5.83. The van der Waals surface area contributed by atoms with Gasteiger partial charge in [0.2, 0.25) is 21.8 Å². The molecule has 0 spiro atoms. The smallest absolute Gasteiger partial charge is 0.244 e. The highest BCUT2D eigenvalue weighted by molar-refractivity contribution is 7.92. The number of carbonyl (C=O) groups is 2. The Morgan fingerprint density at radius 3 is 2.36 bits per heavy atom. The first-order chi connectivity index (χ1) is 17.0. The first-order valence-corrected chi connectivity index (χ1v) is 14.0. The van der Waals surface area contributed by atoms with Crippen molar-refractivity contribution in [2.75, 3.05) is 17.1 Å². The number of hydrogen-bond donors (Lipinski definition) is 1. The highest BCUT2D eigenvalue weighted by Gasteiger charge is 2.31. The van der Waals surface area contributed by atoms with Gasteiger partial charge in [-0.25, -0.2) is 17.2 Å². The highest BCUT2D eigenvalue weighted by Crippen LogP contribution is 2.25. The van der Waals surface area contributed by atoms with Crippen molar-refractivity contribution in [2.24, 2.45) is 0 Å². The maximum atomic E-state index is 14.5. The average molecular weight is 542 g/mol. The summed E-state index contributed by atoms with van der Waals surface area (Å²) in [6.45, 7) is 0.597. The molecule has 1 atom stereocenters. The van der Waals surface area contributed by atoms with Gasteiger partial charge in [-0.1, -0.05) is 49.1 Å². The maximum Gasteiger partial charge on any atom is 0.244 e. The minimum atomic E-state index is -4.00. The number of nitrogens with zero attached hydrogens (tertiary/aromatic N) is 2. The largest absolute Gasteiger partial charge is 0.352 e. The minimum absolute atomic E-state index is 0.00649. The van der Waals surface area contributed by atoms with E-state index in [4.69, 9.17) is 11.6 Å². The van der Waals surface area contributed by atoms with E-state index in [-0.39, 0.29) is 28.9 Å². The van der Waals surface area contributed by atoms with Gasteiger partial charge in [0, 0.05) is 18.2 Å². The molecule has 7 nitrogen and oxygen atoms in total. The quantitative estimate of drug-likeness (QED) is 0.514.